The van der Waals surface area contributed by atoms with E-state index >= 15 is 0 Å². The van der Waals surface area contributed by atoms with Crippen molar-refractivity contribution in [2.45, 2.75) is 20.3 Å². The molecule has 1 aromatic rings. The van der Waals surface area contributed by atoms with Crippen LogP contribution in [0.2, 0.25) is 0 Å². The van der Waals surface area contributed by atoms with Gasteiger partial charge in [-0.25, -0.2) is 0 Å². The Bertz CT molecular complexity index is 327. The molecule has 0 atom stereocenters. The van der Waals surface area contributed by atoms with E-state index in [9.17, 15) is 4.79 Å². The van der Waals surface area contributed by atoms with Crippen LogP contribution in [0.25, 0.3) is 0 Å². The molecule has 5 heteroatoms. The van der Waals surface area contributed by atoms with Gasteiger partial charge in [0.2, 0.25) is 5.91 Å². The predicted octanol–water partition coefficient (Wildman–Crippen LogP) is 0.723. The van der Waals surface area contributed by atoms with Gasteiger partial charge < -0.3 is 10.6 Å². The highest BCUT2D eigenvalue weighted by Crippen LogP contribution is 2.02. The molecule has 0 radical (unpaired) electrons. The lowest BCUT2D eigenvalue weighted by Crippen LogP contribution is -2.24. The fourth-order valence-electron chi connectivity index (χ4n) is 1.14. The smallest absolute Gasteiger partial charge is 0.221 e. The van der Waals surface area contributed by atoms with Crippen LogP contribution in [0.1, 0.15) is 18.9 Å². The van der Waals surface area contributed by atoms with Gasteiger partial charge in [-0.3, -0.25) is 4.79 Å². The van der Waals surface area contributed by atoms with E-state index in [1.54, 1.807) is 6.20 Å². The second-order valence-corrected chi connectivity index (χ2v) is 3.25. The molecule has 1 rings (SSSR count). The summed E-state index contributed by atoms with van der Waals surface area (Å²) < 4.78 is 0. The van der Waals surface area contributed by atoms with E-state index in [-0.39, 0.29) is 5.91 Å². The van der Waals surface area contributed by atoms with Crippen molar-refractivity contribution >= 4 is 11.7 Å². The molecular weight excluding hydrogens is 192 g/mol. The molecule has 0 spiro atoms. The van der Waals surface area contributed by atoms with Crippen molar-refractivity contribution in [2.75, 3.05) is 18.4 Å². The molecule has 5 nitrogen and oxygen atoms in total. The predicted molar refractivity (Wildman–Crippen MR) is 58.6 cm³/mol. The average Bonchev–Trinajstić information content (AvgIpc) is 2.18. The molecule has 0 unspecified atom stereocenters. The molecule has 0 saturated heterocycles. The third-order valence-electron chi connectivity index (χ3n) is 1.82. The number of carbonyl (C=O) groups excluding carboxylic acids is 1. The highest BCUT2D eigenvalue weighted by Gasteiger charge is 1.99. The number of nitrogens with one attached hydrogen (secondary N) is 2. The van der Waals surface area contributed by atoms with Gasteiger partial charge >= 0.3 is 0 Å². The molecule has 0 fully saturated rings. The van der Waals surface area contributed by atoms with Gasteiger partial charge in [0.15, 0.2) is 0 Å². The Labute approximate surface area is 89.3 Å². The Morgan fingerprint density at radius 3 is 3.00 bits per heavy atom. The van der Waals surface area contributed by atoms with Gasteiger partial charge in [-0.15, -0.1) is 5.10 Å². The molecular formula is C10H16N4O. The SMILES string of the molecule is CCNC(=O)CCNc1cc(C)cnn1. The van der Waals surface area contributed by atoms with Gasteiger partial charge in [0.25, 0.3) is 0 Å². The second kappa shape index (κ2) is 5.95. The Morgan fingerprint density at radius 1 is 1.53 bits per heavy atom. The fraction of sp³-hybridized carbons (Fsp3) is 0.500. The molecule has 0 aliphatic carbocycles. The number of amides is 1. The minimum atomic E-state index is 0.0469. The van der Waals surface area contributed by atoms with Crippen molar-refractivity contribution in [2.24, 2.45) is 0 Å². The van der Waals surface area contributed by atoms with Crippen molar-refractivity contribution < 1.29 is 4.79 Å². The summed E-state index contributed by atoms with van der Waals surface area (Å²) in [5, 5.41) is 13.5. The molecule has 0 aromatic carbocycles. The Morgan fingerprint density at radius 2 is 2.33 bits per heavy atom. The van der Waals surface area contributed by atoms with Gasteiger partial charge in [0.1, 0.15) is 5.82 Å². The lowest BCUT2D eigenvalue weighted by Gasteiger charge is -2.05. The number of anilines is 1. The van der Waals surface area contributed by atoms with Gasteiger partial charge in [-0.05, 0) is 25.5 Å². The number of carbonyl (C=O) groups is 1. The van der Waals surface area contributed by atoms with Crippen LogP contribution < -0.4 is 10.6 Å². The highest BCUT2D eigenvalue weighted by atomic mass is 16.1. The van der Waals surface area contributed by atoms with E-state index in [1.807, 2.05) is 19.9 Å². The zero-order valence-electron chi connectivity index (χ0n) is 9.08. The molecule has 0 aliphatic rings. The molecule has 2 N–H and O–H groups in total. The van der Waals surface area contributed by atoms with Gasteiger partial charge in [0, 0.05) is 19.5 Å². The summed E-state index contributed by atoms with van der Waals surface area (Å²) in [5.74, 6) is 0.755. The number of aromatic nitrogens is 2. The van der Waals surface area contributed by atoms with Crippen LogP contribution in [0.4, 0.5) is 5.82 Å². The maximum absolute atomic E-state index is 11.1. The minimum Gasteiger partial charge on any atom is -0.368 e. The van der Waals surface area contributed by atoms with Crippen molar-refractivity contribution in [3.05, 3.63) is 17.8 Å². The van der Waals surface area contributed by atoms with Gasteiger partial charge in [0.05, 0.1) is 6.20 Å². The summed E-state index contributed by atoms with van der Waals surface area (Å²) in [6, 6.07) is 1.89. The molecule has 0 saturated carbocycles. The quantitative estimate of drug-likeness (QED) is 0.748. The standard InChI is InChI=1S/C10H16N4O/c1-3-11-10(15)4-5-12-9-6-8(2)7-13-14-9/h6-7H,3-5H2,1-2H3,(H,11,15)(H,12,14). The molecule has 0 bridgehead atoms. The van der Waals surface area contributed by atoms with Crippen LogP contribution in [-0.2, 0) is 4.79 Å². The van der Waals surface area contributed by atoms with E-state index in [0.717, 1.165) is 5.56 Å². The maximum Gasteiger partial charge on any atom is 0.221 e. The molecule has 1 aromatic heterocycles. The second-order valence-electron chi connectivity index (χ2n) is 3.25. The topological polar surface area (TPSA) is 66.9 Å². The Kier molecular flexibility index (Phi) is 4.53. The summed E-state index contributed by atoms with van der Waals surface area (Å²) in [6.07, 6.45) is 2.14. The largest absolute Gasteiger partial charge is 0.368 e. The Balaban J connectivity index is 2.28. The van der Waals surface area contributed by atoms with Gasteiger partial charge in [-0.1, -0.05) is 0 Å². The summed E-state index contributed by atoms with van der Waals surface area (Å²) in [7, 11) is 0. The minimum absolute atomic E-state index is 0.0469. The van der Waals surface area contributed by atoms with Crippen molar-refractivity contribution in [1.29, 1.82) is 0 Å². The summed E-state index contributed by atoms with van der Waals surface area (Å²) in [5.41, 5.74) is 1.05. The maximum atomic E-state index is 11.1. The monoisotopic (exact) mass is 208 g/mol. The van der Waals surface area contributed by atoms with E-state index in [0.29, 0.717) is 25.3 Å². The van der Waals surface area contributed by atoms with Crippen LogP contribution in [0.3, 0.4) is 0 Å². The highest BCUT2D eigenvalue weighted by molar-refractivity contribution is 5.76. The zero-order chi connectivity index (χ0) is 11.1. The first-order valence-corrected chi connectivity index (χ1v) is 5.02. The van der Waals surface area contributed by atoms with E-state index in [4.69, 9.17) is 0 Å². The normalized spacial score (nSPS) is 9.73. The number of nitrogens with zero attached hydrogens (tertiary/aromatic N) is 2. The van der Waals surface area contributed by atoms with Crippen LogP contribution in [0, 0.1) is 6.92 Å². The van der Waals surface area contributed by atoms with Crippen LogP contribution >= 0.6 is 0 Å². The van der Waals surface area contributed by atoms with Crippen LogP contribution in [0.5, 0.6) is 0 Å². The number of rotatable bonds is 5. The lowest BCUT2D eigenvalue weighted by atomic mass is 10.3. The molecule has 0 aliphatic heterocycles. The number of hydrogen-bond donors (Lipinski definition) is 2. The summed E-state index contributed by atoms with van der Waals surface area (Å²) in [4.78, 5) is 11.1. The third-order valence-corrected chi connectivity index (χ3v) is 1.82. The molecule has 1 amide bonds. The molecule has 1 heterocycles. The van der Waals surface area contributed by atoms with Crippen molar-refractivity contribution in [3.8, 4) is 0 Å². The van der Waals surface area contributed by atoms with E-state index in [1.165, 1.54) is 0 Å². The number of aryl methyl sites for hydroxylation is 1. The fourth-order valence-corrected chi connectivity index (χ4v) is 1.14. The van der Waals surface area contributed by atoms with E-state index < -0.39 is 0 Å². The first-order valence-electron chi connectivity index (χ1n) is 5.02. The average molecular weight is 208 g/mol. The summed E-state index contributed by atoms with van der Waals surface area (Å²) in [6.45, 7) is 5.09. The van der Waals surface area contributed by atoms with Crippen LogP contribution in [0.15, 0.2) is 12.3 Å². The summed E-state index contributed by atoms with van der Waals surface area (Å²) >= 11 is 0. The lowest BCUT2D eigenvalue weighted by molar-refractivity contribution is -0.120. The Hall–Kier alpha value is -1.65. The molecule has 82 valence electrons. The third kappa shape index (κ3) is 4.39. The van der Waals surface area contributed by atoms with Crippen molar-refractivity contribution in [3.63, 3.8) is 0 Å². The van der Waals surface area contributed by atoms with Crippen molar-refractivity contribution in [1.82, 2.24) is 15.5 Å². The number of hydrogen-bond acceptors (Lipinski definition) is 4. The first kappa shape index (κ1) is 11.4. The first-order chi connectivity index (χ1) is 7.22. The van der Waals surface area contributed by atoms with Gasteiger partial charge in [-0.2, -0.15) is 5.10 Å². The van der Waals surface area contributed by atoms with E-state index in [2.05, 4.69) is 20.8 Å². The van der Waals surface area contributed by atoms with Crippen LogP contribution in [-0.4, -0.2) is 29.2 Å². The zero-order valence-corrected chi connectivity index (χ0v) is 9.08. The molecule has 15 heavy (non-hydrogen) atoms.